The summed E-state index contributed by atoms with van der Waals surface area (Å²) < 4.78 is 12.8. The summed E-state index contributed by atoms with van der Waals surface area (Å²) in [6, 6.07) is 2.50. The minimum atomic E-state index is -0.261. The zero-order valence-electron chi connectivity index (χ0n) is 12.7. The van der Waals surface area contributed by atoms with Crippen molar-refractivity contribution in [3.63, 3.8) is 0 Å². The summed E-state index contributed by atoms with van der Waals surface area (Å²) in [6.45, 7) is 4.89. The number of aryl methyl sites for hydroxylation is 1. The Hall–Kier alpha value is -0.880. The van der Waals surface area contributed by atoms with Gasteiger partial charge in [-0.25, -0.2) is 4.98 Å². The van der Waals surface area contributed by atoms with Gasteiger partial charge in [0.25, 0.3) is 0 Å². The van der Waals surface area contributed by atoms with E-state index >= 15 is 0 Å². The number of aromatic nitrogens is 1. The SMILES string of the molecule is Cc1coc(C2CC3(CC(C)N2)OCCc2cc(Cl)sc23)n1. The molecule has 4 heterocycles. The molecule has 0 saturated carbocycles. The first-order chi connectivity index (χ1) is 10.6. The van der Waals surface area contributed by atoms with Crippen LogP contribution in [0.4, 0.5) is 0 Å². The van der Waals surface area contributed by atoms with E-state index in [-0.39, 0.29) is 11.6 Å². The van der Waals surface area contributed by atoms with Gasteiger partial charge in [0.05, 0.1) is 22.7 Å². The van der Waals surface area contributed by atoms with Crippen LogP contribution in [0, 0.1) is 6.92 Å². The van der Waals surface area contributed by atoms with Crippen molar-refractivity contribution in [3.8, 4) is 0 Å². The highest BCUT2D eigenvalue weighted by Crippen LogP contribution is 2.49. The van der Waals surface area contributed by atoms with Gasteiger partial charge >= 0.3 is 0 Å². The first-order valence-electron chi connectivity index (χ1n) is 7.66. The lowest BCUT2D eigenvalue weighted by Gasteiger charge is -2.45. The van der Waals surface area contributed by atoms with Gasteiger partial charge in [-0.1, -0.05) is 11.6 Å². The summed E-state index contributed by atoms with van der Waals surface area (Å²) in [7, 11) is 0. The molecular formula is C16H19ClN2O2S. The molecule has 1 N–H and O–H groups in total. The van der Waals surface area contributed by atoms with Gasteiger partial charge in [0, 0.05) is 17.3 Å². The molecule has 6 heteroatoms. The molecule has 3 atom stereocenters. The predicted octanol–water partition coefficient (Wildman–Crippen LogP) is 3.98. The number of hydrogen-bond acceptors (Lipinski definition) is 5. The molecule has 3 unspecified atom stereocenters. The first-order valence-corrected chi connectivity index (χ1v) is 8.86. The van der Waals surface area contributed by atoms with Gasteiger partial charge in [-0.3, -0.25) is 0 Å². The van der Waals surface area contributed by atoms with Crippen molar-refractivity contribution in [2.24, 2.45) is 0 Å². The van der Waals surface area contributed by atoms with Crippen LogP contribution in [0.5, 0.6) is 0 Å². The Morgan fingerprint density at radius 2 is 2.32 bits per heavy atom. The molecule has 2 aromatic heterocycles. The molecule has 1 saturated heterocycles. The number of oxazole rings is 1. The van der Waals surface area contributed by atoms with Gasteiger partial charge in [0.15, 0.2) is 0 Å². The number of hydrogen-bond donors (Lipinski definition) is 1. The van der Waals surface area contributed by atoms with Crippen molar-refractivity contribution < 1.29 is 9.15 Å². The number of fused-ring (bicyclic) bond motifs is 2. The molecule has 1 fully saturated rings. The third-order valence-electron chi connectivity index (χ3n) is 4.53. The molecule has 2 aromatic rings. The van der Waals surface area contributed by atoms with Crippen LogP contribution in [-0.2, 0) is 16.8 Å². The highest BCUT2D eigenvalue weighted by molar-refractivity contribution is 7.16. The van der Waals surface area contributed by atoms with Crippen LogP contribution in [0.15, 0.2) is 16.7 Å². The fourth-order valence-corrected chi connectivity index (χ4v) is 5.21. The van der Waals surface area contributed by atoms with Crippen molar-refractivity contribution in [1.29, 1.82) is 0 Å². The summed E-state index contributed by atoms with van der Waals surface area (Å²) in [6.07, 6.45) is 4.44. The average molecular weight is 339 g/mol. The molecule has 4 nitrogen and oxygen atoms in total. The van der Waals surface area contributed by atoms with Crippen molar-refractivity contribution in [3.05, 3.63) is 38.7 Å². The Bertz CT molecular complexity index is 698. The number of thiophene rings is 1. The van der Waals surface area contributed by atoms with Gasteiger partial charge in [-0.05, 0) is 38.3 Å². The van der Waals surface area contributed by atoms with Gasteiger partial charge in [-0.2, -0.15) is 0 Å². The van der Waals surface area contributed by atoms with Crippen LogP contribution < -0.4 is 5.32 Å². The molecule has 0 radical (unpaired) electrons. The molecular weight excluding hydrogens is 320 g/mol. The maximum absolute atomic E-state index is 6.32. The minimum absolute atomic E-state index is 0.0734. The molecule has 4 rings (SSSR count). The van der Waals surface area contributed by atoms with E-state index in [9.17, 15) is 0 Å². The van der Waals surface area contributed by atoms with E-state index in [1.54, 1.807) is 17.6 Å². The first kappa shape index (κ1) is 14.7. The number of ether oxygens (including phenoxy) is 1. The molecule has 2 aliphatic rings. The Morgan fingerprint density at radius 1 is 1.45 bits per heavy atom. The predicted molar refractivity (Wildman–Crippen MR) is 86.5 cm³/mol. The lowest BCUT2D eigenvalue weighted by Crippen LogP contribution is -2.49. The fourth-order valence-electron chi connectivity index (χ4n) is 3.75. The quantitative estimate of drug-likeness (QED) is 0.854. The smallest absolute Gasteiger partial charge is 0.211 e. The van der Waals surface area contributed by atoms with E-state index in [1.807, 2.05) is 6.92 Å². The van der Waals surface area contributed by atoms with Gasteiger partial charge in [0.1, 0.15) is 11.9 Å². The second-order valence-electron chi connectivity index (χ2n) is 6.35. The number of piperidine rings is 1. The van der Waals surface area contributed by atoms with Gasteiger partial charge in [-0.15, -0.1) is 11.3 Å². The van der Waals surface area contributed by atoms with Crippen LogP contribution in [-0.4, -0.2) is 17.6 Å². The molecule has 0 amide bonds. The van der Waals surface area contributed by atoms with E-state index in [0.29, 0.717) is 6.04 Å². The Morgan fingerprint density at radius 3 is 3.09 bits per heavy atom. The Kier molecular flexibility index (Phi) is 3.57. The van der Waals surface area contributed by atoms with Gasteiger partial charge in [0.2, 0.25) is 5.89 Å². The van der Waals surface area contributed by atoms with Gasteiger partial charge < -0.3 is 14.5 Å². The van der Waals surface area contributed by atoms with E-state index in [4.69, 9.17) is 20.8 Å². The summed E-state index contributed by atoms with van der Waals surface area (Å²) >= 11 is 7.92. The number of nitrogens with zero attached hydrogens (tertiary/aromatic N) is 1. The van der Waals surface area contributed by atoms with Crippen molar-refractivity contribution >= 4 is 22.9 Å². The standard InChI is InChI=1S/C16H19ClN2O2S/c1-9-6-16(7-12(18-9)15-19-10(2)8-20-15)14-11(3-4-21-16)5-13(17)22-14/h5,8-9,12,18H,3-4,6-7H2,1-2H3. The zero-order chi connectivity index (χ0) is 15.3. The van der Waals surface area contributed by atoms with Crippen molar-refractivity contribution in [1.82, 2.24) is 10.3 Å². The van der Waals surface area contributed by atoms with E-state index < -0.39 is 0 Å². The van der Waals surface area contributed by atoms with Crippen LogP contribution >= 0.6 is 22.9 Å². The van der Waals surface area contributed by atoms with Crippen LogP contribution in [0.2, 0.25) is 4.34 Å². The van der Waals surface area contributed by atoms with Crippen LogP contribution in [0.1, 0.15) is 47.8 Å². The molecule has 1 spiro atoms. The Balaban J connectivity index is 1.72. The lowest BCUT2D eigenvalue weighted by molar-refractivity contribution is -0.0974. The van der Waals surface area contributed by atoms with E-state index in [0.717, 1.165) is 41.8 Å². The fraction of sp³-hybridized carbons (Fsp3) is 0.562. The highest BCUT2D eigenvalue weighted by Gasteiger charge is 2.47. The maximum Gasteiger partial charge on any atom is 0.211 e. The molecule has 2 aliphatic heterocycles. The van der Waals surface area contributed by atoms with Crippen LogP contribution in [0.25, 0.3) is 0 Å². The molecule has 0 bridgehead atoms. The van der Waals surface area contributed by atoms with E-state index in [2.05, 4.69) is 23.3 Å². The minimum Gasteiger partial charge on any atom is -0.447 e. The molecule has 22 heavy (non-hydrogen) atoms. The number of halogens is 1. The summed E-state index contributed by atoms with van der Waals surface area (Å²) in [5.74, 6) is 0.752. The second-order valence-corrected chi connectivity index (χ2v) is 8.04. The summed E-state index contributed by atoms with van der Waals surface area (Å²) in [4.78, 5) is 5.80. The third kappa shape index (κ3) is 2.40. The molecule has 0 aliphatic carbocycles. The van der Waals surface area contributed by atoms with E-state index in [1.165, 1.54) is 10.4 Å². The average Bonchev–Trinajstić information content (AvgIpc) is 3.04. The summed E-state index contributed by atoms with van der Waals surface area (Å²) in [5, 5.41) is 3.59. The summed E-state index contributed by atoms with van der Waals surface area (Å²) in [5.41, 5.74) is 1.99. The van der Waals surface area contributed by atoms with Crippen molar-refractivity contribution in [2.45, 2.75) is 50.8 Å². The van der Waals surface area contributed by atoms with Crippen molar-refractivity contribution in [2.75, 3.05) is 6.61 Å². The highest BCUT2D eigenvalue weighted by atomic mass is 35.5. The zero-order valence-corrected chi connectivity index (χ0v) is 14.3. The normalized spacial score (nSPS) is 31.4. The third-order valence-corrected chi connectivity index (χ3v) is 6.02. The monoisotopic (exact) mass is 338 g/mol. The number of nitrogens with one attached hydrogen (secondary N) is 1. The topological polar surface area (TPSA) is 47.3 Å². The van der Waals surface area contributed by atoms with Crippen LogP contribution in [0.3, 0.4) is 0 Å². The lowest BCUT2D eigenvalue weighted by atomic mass is 9.80. The number of rotatable bonds is 1. The molecule has 0 aromatic carbocycles. The molecule has 118 valence electrons. The largest absolute Gasteiger partial charge is 0.447 e. The second kappa shape index (κ2) is 5.34. The maximum atomic E-state index is 6.32. The Labute approximate surface area is 138 Å².